The predicted octanol–water partition coefficient (Wildman–Crippen LogP) is 4.10. The molecule has 0 heterocycles. The molecule has 0 heteroatoms. The molecule has 0 fully saturated rings. The van der Waals surface area contributed by atoms with Gasteiger partial charge in [0.1, 0.15) is 0 Å². The van der Waals surface area contributed by atoms with Gasteiger partial charge in [0.05, 0.1) is 0 Å². The van der Waals surface area contributed by atoms with Crippen LogP contribution in [0.3, 0.4) is 0 Å². The molecule has 68 valence electrons. The highest BCUT2D eigenvalue weighted by molar-refractivity contribution is 4.79. The molecule has 0 aliphatic carbocycles. The first-order chi connectivity index (χ1) is 4.96. The summed E-state index contributed by atoms with van der Waals surface area (Å²) in [6, 6.07) is 0. The molecule has 0 saturated carbocycles. The molecule has 0 aromatic heterocycles. The van der Waals surface area contributed by atoms with E-state index in [0.29, 0.717) is 5.41 Å². The summed E-state index contributed by atoms with van der Waals surface area (Å²) < 4.78 is 0. The third-order valence-electron chi connectivity index (χ3n) is 3.53. The van der Waals surface area contributed by atoms with E-state index in [0.717, 1.165) is 11.8 Å². The second-order valence-electron chi connectivity index (χ2n) is 4.49. The van der Waals surface area contributed by atoms with Gasteiger partial charge in [0, 0.05) is 0 Å². The molecule has 0 bridgehead atoms. The van der Waals surface area contributed by atoms with Crippen LogP contribution in [0.1, 0.15) is 54.4 Å². The Kier molecular flexibility index (Phi) is 4.13. The predicted molar refractivity (Wildman–Crippen MR) is 52.7 cm³/mol. The molecule has 0 aromatic rings. The third kappa shape index (κ3) is 2.50. The maximum Gasteiger partial charge on any atom is -0.0303 e. The van der Waals surface area contributed by atoms with Crippen LogP contribution in [0, 0.1) is 17.3 Å². The van der Waals surface area contributed by atoms with Crippen molar-refractivity contribution in [3.05, 3.63) is 0 Å². The van der Waals surface area contributed by atoms with E-state index in [1.807, 2.05) is 0 Å². The van der Waals surface area contributed by atoms with Gasteiger partial charge >= 0.3 is 0 Å². The maximum absolute atomic E-state index is 2.40. The van der Waals surface area contributed by atoms with Gasteiger partial charge in [-0.05, 0) is 17.3 Å². The summed E-state index contributed by atoms with van der Waals surface area (Å²) in [7, 11) is 0. The first-order valence-corrected chi connectivity index (χ1v) is 4.96. The Morgan fingerprint density at radius 2 is 1.36 bits per heavy atom. The lowest BCUT2D eigenvalue weighted by molar-refractivity contribution is 0.129. The lowest BCUT2D eigenvalue weighted by Crippen LogP contribution is -2.28. The summed E-state index contributed by atoms with van der Waals surface area (Å²) in [5.74, 6) is 1.69. The second-order valence-corrected chi connectivity index (χ2v) is 4.49. The highest BCUT2D eigenvalue weighted by atomic mass is 14.3. The zero-order chi connectivity index (χ0) is 9.07. The van der Waals surface area contributed by atoms with Gasteiger partial charge in [0.15, 0.2) is 0 Å². The van der Waals surface area contributed by atoms with Crippen LogP contribution in [-0.2, 0) is 0 Å². The third-order valence-corrected chi connectivity index (χ3v) is 3.53. The molecule has 11 heavy (non-hydrogen) atoms. The summed E-state index contributed by atoms with van der Waals surface area (Å²) in [5.41, 5.74) is 0.517. The lowest BCUT2D eigenvalue weighted by Gasteiger charge is -2.37. The van der Waals surface area contributed by atoms with E-state index in [1.165, 1.54) is 12.8 Å². The van der Waals surface area contributed by atoms with Crippen molar-refractivity contribution >= 4 is 0 Å². The molecule has 0 aliphatic heterocycles. The zero-order valence-electron chi connectivity index (χ0n) is 9.07. The van der Waals surface area contributed by atoms with Crippen LogP contribution in [0.25, 0.3) is 0 Å². The summed E-state index contributed by atoms with van der Waals surface area (Å²) in [6.07, 6.45) is 2.64. The number of hydrogen-bond acceptors (Lipinski definition) is 0. The molecule has 0 nitrogen and oxygen atoms in total. The topological polar surface area (TPSA) is 0 Å². The number of rotatable bonds is 4. The van der Waals surface area contributed by atoms with Gasteiger partial charge in [-0.1, -0.05) is 54.4 Å². The molecule has 0 saturated heterocycles. The molecule has 0 radical (unpaired) electrons. The minimum atomic E-state index is 0.517. The van der Waals surface area contributed by atoms with Crippen molar-refractivity contribution in [2.45, 2.75) is 54.4 Å². The van der Waals surface area contributed by atoms with Gasteiger partial charge in [-0.25, -0.2) is 0 Å². The first-order valence-electron chi connectivity index (χ1n) is 4.96. The van der Waals surface area contributed by atoms with Crippen molar-refractivity contribution in [2.24, 2.45) is 17.3 Å². The monoisotopic (exact) mass is 156 g/mol. The van der Waals surface area contributed by atoms with Crippen LogP contribution >= 0.6 is 0 Å². The summed E-state index contributed by atoms with van der Waals surface area (Å²) in [6.45, 7) is 14.1. The fraction of sp³-hybridized carbons (Fsp3) is 1.00. The Balaban J connectivity index is 4.24. The van der Waals surface area contributed by atoms with Gasteiger partial charge in [0.25, 0.3) is 0 Å². The molecular weight excluding hydrogens is 132 g/mol. The van der Waals surface area contributed by atoms with Gasteiger partial charge in [-0.2, -0.15) is 0 Å². The van der Waals surface area contributed by atoms with E-state index in [-0.39, 0.29) is 0 Å². The van der Waals surface area contributed by atoms with Gasteiger partial charge in [-0.15, -0.1) is 0 Å². The van der Waals surface area contributed by atoms with Crippen LogP contribution in [0.5, 0.6) is 0 Å². The molecule has 0 unspecified atom stereocenters. The minimum absolute atomic E-state index is 0.517. The normalized spacial score (nSPS) is 13.1. The van der Waals surface area contributed by atoms with Crippen LogP contribution in [0.2, 0.25) is 0 Å². The molecule has 0 rings (SSSR count). The average molecular weight is 156 g/mol. The van der Waals surface area contributed by atoms with Crippen molar-refractivity contribution in [1.82, 2.24) is 0 Å². The van der Waals surface area contributed by atoms with E-state index in [2.05, 4.69) is 41.5 Å². The minimum Gasteiger partial charge on any atom is -0.0651 e. The van der Waals surface area contributed by atoms with E-state index >= 15 is 0 Å². The molecule has 0 spiro atoms. The van der Waals surface area contributed by atoms with E-state index in [1.54, 1.807) is 0 Å². The van der Waals surface area contributed by atoms with Gasteiger partial charge in [-0.3, -0.25) is 0 Å². The van der Waals surface area contributed by atoms with Gasteiger partial charge in [0.2, 0.25) is 0 Å². The average Bonchev–Trinajstić information content (AvgIpc) is 1.89. The van der Waals surface area contributed by atoms with E-state index < -0.39 is 0 Å². The molecule has 0 atom stereocenters. The Labute approximate surface area is 72.4 Å². The first kappa shape index (κ1) is 11.0. The van der Waals surface area contributed by atoms with Gasteiger partial charge < -0.3 is 0 Å². The SMILES string of the molecule is CCC(CC)C(C)(C)C(C)C. The zero-order valence-corrected chi connectivity index (χ0v) is 9.07. The molecule has 0 aromatic carbocycles. The van der Waals surface area contributed by atoms with Crippen LogP contribution in [0.4, 0.5) is 0 Å². The van der Waals surface area contributed by atoms with E-state index in [4.69, 9.17) is 0 Å². The van der Waals surface area contributed by atoms with Crippen molar-refractivity contribution in [1.29, 1.82) is 0 Å². The summed E-state index contributed by atoms with van der Waals surface area (Å²) in [5, 5.41) is 0. The fourth-order valence-electron chi connectivity index (χ4n) is 1.81. The smallest absolute Gasteiger partial charge is 0.0303 e. The molecule has 0 amide bonds. The maximum atomic E-state index is 2.40. The van der Waals surface area contributed by atoms with E-state index in [9.17, 15) is 0 Å². The lowest BCUT2D eigenvalue weighted by atomic mass is 9.69. The van der Waals surface area contributed by atoms with Crippen LogP contribution in [-0.4, -0.2) is 0 Å². The molecular formula is C11H24. The summed E-state index contributed by atoms with van der Waals surface area (Å²) >= 11 is 0. The Morgan fingerprint density at radius 3 is 1.45 bits per heavy atom. The van der Waals surface area contributed by atoms with Crippen molar-refractivity contribution in [3.63, 3.8) is 0 Å². The van der Waals surface area contributed by atoms with Crippen LogP contribution in [0.15, 0.2) is 0 Å². The standard InChI is InChI=1S/C11H24/c1-7-10(8-2)11(5,6)9(3)4/h9-10H,7-8H2,1-6H3. The Bertz CT molecular complexity index is 96.6. The number of hydrogen-bond donors (Lipinski definition) is 0. The quantitative estimate of drug-likeness (QED) is 0.574. The Morgan fingerprint density at radius 1 is 1.00 bits per heavy atom. The van der Waals surface area contributed by atoms with Crippen molar-refractivity contribution in [2.75, 3.05) is 0 Å². The second kappa shape index (κ2) is 4.13. The largest absolute Gasteiger partial charge is 0.0651 e. The van der Waals surface area contributed by atoms with Crippen molar-refractivity contribution in [3.8, 4) is 0 Å². The summed E-state index contributed by atoms with van der Waals surface area (Å²) in [4.78, 5) is 0. The molecule has 0 aliphatic rings. The highest BCUT2D eigenvalue weighted by Gasteiger charge is 2.29. The highest BCUT2D eigenvalue weighted by Crippen LogP contribution is 2.38. The van der Waals surface area contributed by atoms with Crippen molar-refractivity contribution < 1.29 is 0 Å². The fourth-order valence-corrected chi connectivity index (χ4v) is 1.81. The Hall–Kier alpha value is 0. The molecule has 0 N–H and O–H groups in total. The van der Waals surface area contributed by atoms with Crippen LogP contribution < -0.4 is 0 Å².